The van der Waals surface area contributed by atoms with Gasteiger partial charge in [-0.15, -0.1) is 0 Å². The van der Waals surface area contributed by atoms with E-state index in [4.69, 9.17) is 28.6 Å². The van der Waals surface area contributed by atoms with Gasteiger partial charge in [0, 0.05) is 10.6 Å². The van der Waals surface area contributed by atoms with Crippen LogP contribution in [0, 0.1) is 0 Å². The van der Waals surface area contributed by atoms with Crippen molar-refractivity contribution in [3.05, 3.63) is 64.7 Å². The molecule has 0 aliphatic rings. The van der Waals surface area contributed by atoms with Crippen molar-refractivity contribution in [3.63, 3.8) is 0 Å². The van der Waals surface area contributed by atoms with Gasteiger partial charge in [0.05, 0.1) is 12.2 Å². The van der Waals surface area contributed by atoms with Crippen molar-refractivity contribution in [1.82, 2.24) is 16.2 Å². The summed E-state index contributed by atoms with van der Waals surface area (Å²) in [4.78, 5) is 24.3. The second-order valence-electron chi connectivity index (χ2n) is 5.21. The molecule has 3 N–H and O–H groups in total. The van der Waals surface area contributed by atoms with Crippen LogP contribution in [0.1, 0.15) is 34.1 Å². The van der Waals surface area contributed by atoms with E-state index in [1.165, 1.54) is 0 Å². The van der Waals surface area contributed by atoms with Crippen LogP contribution < -0.4 is 20.9 Å². The third kappa shape index (κ3) is 5.72. The summed E-state index contributed by atoms with van der Waals surface area (Å²) in [6.45, 7) is 2.48. The smallest absolute Gasteiger partial charge is 0.269 e. The van der Waals surface area contributed by atoms with Crippen molar-refractivity contribution >= 4 is 40.7 Å². The second-order valence-corrected chi connectivity index (χ2v) is 6.06. The number of amides is 2. The molecule has 136 valence electrons. The SMILES string of the molecule is CCCOc1ccccc1C(=O)NC(=S)NNC(=O)c1ccc(Cl)cc1. The maximum atomic E-state index is 12.3. The lowest BCUT2D eigenvalue weighted by atomic mass is 10.2. The third-order valence-electron chi connectivity index (χ3n) is 3.22. The van der Waals surface area contributed by atoms with Crippen LogP contribution in [0.15, 0.2) is 48.5 Å². The van der Waals surface area contributed by atoms with E-state index >= 15 is 0 Å². The van der Waals surface area contributed by atoms with Crippen LogP contribution in [0.3, 0.4) is 0 Å². The van der Waals surface area contributed by atoms with Crippen molar-refractivity contribution < 1.29 is 14.3 Å². The lowest BCUT2D eigenvalue weighted by molar-refractivity contribution is 0.0933. The Morgan fingerprint density at radius 2 is 1.73 bits per heavy atom. The Hall–Kier alpha value is -2.64. The van der Waals surface area contributed by atoms with Gasteiger partial charge in [0.1, 0.15) is 5.75 Å². The normalized spacial score (nSPS) is 9.92. The van der Waals surface area contributed by atoms with Crippen molar-refractivity contribution in [2.24, 2.45) is 0 Å². The molecule has 0 atom stereocenters. The van der Waals surface area contributed by atoms with E-state index in [0.717, 1.165) is 6.42 Å². The van der Waals surface area contributed by atoms with E-state index in [9.17, 15) is 9.59 Å². The Labute approximate surface area is 161 Å². The van der Waals surface area contributed by atoms with Gasteiger partial charge in [-0.25, -0.2) is 0 Å². The molecule has 0 spiro atoms. The van der Waals surface area contributed by atoms with Gasteiger partial charge < -0.3 is 4.74 Å². The number of para-hydroxylation sites is 1. The molecule has 0 unspecified atom stereocenters. The zero-order valence-electron chi connectivity index (χ0n) is 14.0. The number of halogens is 1. The van der Waals surface area contributed by atoms with Crippen LogP contribution in [0.25, 0.3) is 0 Å². The van der Waals surface area contributed by atoms with Crippen LogP contribution in [0.4, 0.5) is 0 Å². The van der Waals surface area contributed by atoms with Gasteiger partial charge in [-0.3, -0.25) is 25.8 Å². The molecule has 0 saturated heterocycles. The summed E-state index contributed by atoms with van der Waals surface area (Å²) in [6.07, 6.45) is 0.826. The minimum atomic E-state index is -0.435. The number of hydrogen-bond donors (Lipinski definition) is 3. The van der Waals surface area contributed by atoms with Crippen LogP contribution in [0.5, 0.6) is 5.75 Å². The molecule has 6 nitrogen and oxygen atoms in total. The highest BCUT2D eigenvalue weighted by Crippen LogP contribution is 2.17. The maximum absolute atomic E-state index is 12.3. The van der Waals surface area contributed by atoms with Crippen molar-refractivity contribution in [2.45, 2.75) is 13.3 Å². The second kappa shape index (κ2) is 9.74. The van der Waals surface area contributed by atoms with Gasteiger partial charge in [-0.05, 0) is 55.0 Å². The van der Waals surface area contributed by atoms with E-state index < -0.39 is 11.8 Å². The average Bonchev–Trinajstić information content (AvgIpc) is 2.65. The van der Waals surface area contributed by atoms with E-state index in [2.05, 4.69) is 16.2 Å². The summed E-state index contributed by atoms with van der Waals surface area (Å²) in [5.41, 5.74) is 5.64. The molecule has 2 aromatic carbocycles. The van der Waals surface area contributed by atoms with Crippen molar-refractivity contribution in [2.75, 3.05) is 6.61 Å². The monoisotopic (exact) mass is 391 g/mol. The van der Waals surface area contributed by atoms with E-state index in [-0.39, 0.29) is 5.11 Å². The van der Waals surface area contributed by atoms with Crippen molar-refractivity contribution in [3.8, 4) is 5.75 Å². The predicted molar refractivity (Wildman–Crippen MR) is 104 cm³/mol. The molecule has 0 saturated carbocycles. The maximum Gasteiger partial charge on any atom is 0.269 e. The molecule has 0 radical (unpaired) electrons. The van der Waals surface area contributed by atoms with Gasteiger partial charge in [-0.1, -0.05) is 30.7 Å². The highest BCUT2D eigenvalue weighted by molar-refractivity contribution is 7.80. The number of hydrogen-bond acceptors (Lipinski definition) is 4. The van der Waals surface area contributed by atoms with Crippen LogP contribution >= 0.6 is 23.8 Å². The number of thiocarbonyl (C=S) groups is 1. The van der Waals surface area contributed by atoms with Crippen molar-refractivity contribution in [1.29, 1.82) is 0 Å². The molecule has 0 aromatic heterocycles. The van der Waals surface area contributed by atoms with Gasteiger partial charge >= 0.3 is 0 Å². The minimum absolute atomic E-state index is 0.0393. The molecular weight excluding hydrogens is 374 g/mol. The Morgan fingerprint density at radius 1 is 1.04 bits per heavy atom. The van der Waals surface area contributed by atoms with Crippen LogP contribution in [-0.2, 0) is 0 Å². The summed E-state index contributed by atoms with van der Waals surface area (Å²) in [7, 11) is 0. The van der Waals surface area contributed by atoms with Crippen LogP contribution in [-0.4, -0.2) is 23.5 Å². The fourth-order valence-electron chi connectivity index (χ4n) is 1.98. The Balaban J connectivity index is 1.90. The van der Waals surface area contributed by atoms with Crippen LogP contribution in [0.2, 0.25) is 5.02 Å². The lowest BCUT2D eigenvalue weighted by Gasteiger charge is -2.13. The molecule has 2 amide bonds. The first-order valence-electron chi connectivity index (χ1n) is 7.90. The largest absolute Gasteiger partial charge is 0.493 e. The predicted octanol–water partition coefficient (Wildman–Crippen LogP) is 3.08. The summed E-state index contributed by atoms with van der Waals surface area (Å²) >= 11 is 10.8. The molecule has 0 aliphatic heterocycles. The summed E-state index contributed by atoms with van der Waals surface area (Å²) < 4.78 is 5.55. The minimum Gasteiger partial charge on any atom is -0.493 e. The van der Waals surface area contributed by atoms with Gasteiger partial charge in [-0.2, -0.15) is 0 Å². The molecule has 2 aromatic rings. The summed E-state index contributed by atoms with van der Waals surface area (Å²) in [6, 6.07) is 13.2. The zero-order chi connectivity index (χ0) is 18.9. The van der Waals surface area contributed by atoms with Gasteiger partial charge in [0.2, 0.25) is 0 Å². The molecule has 26 heavy (non-hydrogen) atoms. The molecular formula is C18H18ClN3O3S. The Bertz CT molecular complexity index is 797. The molecule has 0 fully saturated rings. The van der Waals surface area contributed by atoms with E-state index in [0.29, 0.717) is 28.5 Å². The van der Waals surface area contributed by atoms with Gasteiger partial charge in [0.15, 0.2) is 5.11 Å². The number of carbonyl (C=O) groups excluding carboxylic acids is 2. The number of hydrazine groups is 1. The zero-order valence-corrected chi connectivity index (χ0v) is 15.6. The molecule has 2 rings (SSSR count). The number of ether oxygens (including phenoxy) is 1. The Morgan fingerprint density at radius 3 is 2.42 bits per heavy atom. The quantitative estimate of drug-likeness (QED) is 0.539. The van der Waals surface area contributed by atoms with E-state index in [1.54, 1.807) is 48.5 Å². The molecule has 8 heteroatoms. The fourth-order valence-corrected chi connectivity index (χ4v) is 2.25. The fraction of sp³-hybridized carbons (Fsp3) is 0.167. The first-order chi connectivity index (χ1) is 12.5. The highest BCUT2D eigenvalue weighted by atomic mass is 35.5. The van der Waals surface area contributed by atoms with Gasteiger partial charge in [0.25, 0.3) is 11.8 Å². The standard InChI is InChI=1S/C18H18ClN3O3S/c1-2-11-25-15-6-4-3-5-14(15)17(24)20-18(26)22-21-16(23)12-7-9-13(19)10-8-12/h3-10H,2,11H2,1H3,(H,21,23)(H2,20,22,24,26). The molecule has 0 aliphatic carbocycles. The number of carbonyl (C=O) groups is 2. The number of nitrogens with one attached hydrogen (secondary N) is 3. The number of rotatable bonds is 5. The summed E-state index contributed by atoms with van der Waals surface area (Å²) in [5.74, 6) is -0.375. The third-order valence-corrected chi connectivity index (χ3v) is 3.67. The molecule has 0 heterocycles. The Kier molecular flexibility index (Phi) is 7.37. The first-order valence-corrected chi connectivity index (χ1v) is 8.69. The number of benzene rings is 2. The average molecular weight is 392 g/mol. The topological polar surface area (TPSA) is 79.5 Å². The van der Waals surface area contributed by atoms with E-state index in [1.807, 2.05) is 6.92 Å². The first kappa shape index (κ1) is 19.7. The summed E-state index contributed by atoms with van der Waals surface area (Å²) in [5, 5.41) is 2.98. The highest BCUT2D eigenvalue weighted by Gasteiger charge is 2.14. The lowest BCUT2D eigenvalue weighted by Crippen LogP contribution is -2.48. The molecule has 0 bridgehead atoms.